The molecule has 3 aromatic rings. The minimum absolute atomic E-state index is 0.222. The molecule has 0 unspecified atom stereocenters. The number of nitrogens with zero attached hydrogens (tertiary/aromatic N) is 1. The third-order valence-corrected chi connectivity index (χ3v) is 5.84. The van der Waals surface area contributed by atoms with Gasteiger partial charge in [0, 0.05) is 29.9 Å². The quantitative estimate of drug-likeness (QED) is 0.446. The largest absolute Gasteiger partial charge is 0.497 e. The SMILES string of the molecule is COc1cc(OC)cc(C(=O)Nc2ccc(-c3ccc(C(=O)N(C)[C@H](C(=O)O)C(C)C)cc3)cc2)c1. The molecule has 0 aliphatic heterocycles. The number of rotatable bonds is 9. The van der Waals surface area contributed by atoms with Crippen LogP contribution in [0.15, 0.2) is 66.7 Å². The van der Waals surface area contributed by atoms with Gasteiger partial charge in [0.2, 0.25) is 0 Å². The first-order valence-corrected chi connectivity index (χ1v) is 11.4. The summed E-state index contributed by atoms with van der Waals surface area (Å²) in [4.78, 5) is 38.3. The van der Waals surface area contributed by atoms with E-state index in [0.717, 1.165) is 11.1 Å². The third kappa shape index (κ3) is 6.02. The summed E-state index contributed by atoms with van der Waals surface area (Å²) >= 11 is 0. The van der Waals surface area contributed by atoms with Gasteiger partial charge in [-0.2, -0.15) is 0 Å². The minimum Gasteiger partial charge on any atom is -0.497 e. The van der Waals surface area contributed by atoms with Gasteiger partial charge in [0.25, 0.3) is 11.8 Å². The zero-order valence-electron chi connectivity index (χ0n) is 20.9. The van der Waals surface area contributed by atoms with Crippen molar-refractivity contribution < 1.29 is 29.0 Å². The van der Waals surface area contributed by atoms with Crippen LogP contribution in [0.2, 0.25) is 0 Å². The Labute approximate surface area is 210 Å². The lowest BCUT2D eigenvalue weighted by molar-refractivity contribution is -0.143. The van der Waals surface area contributed by atoms with E-state index in [1.165, 1.54) is 26.2 Å². The van der Waals surface area contributed by atoms with Crippen molar-refractivity contribution in [2.75, 3.05) is 26.6 Å². The smallest absolute Gasteiger partial charge is 0.326 e. The van der Waals surface area contributed by atoms with E-state index in [1.807, 2.05) is 24.3 Å². The van der Waals surface area contributed by atoms with E-state index in [-0.39, 0.29) is 17.7 Å². The summed E-state index contributed by atoms with van der Waals surface area (Å²) in [5, 5.41) is 12.3. The van der Waals surface area contributed by atoms with E-state index < -0.39 is 12.0 Å². The molecule has 8 nitrogen and oxygen atoms in total. The number of carboxylic acids is 1. The van der Waals surface area contributed by atoms with Crippen LogP contribution in [-0.2, 0) is 4.79 Å². The molecule has 1 atom stereocenters. The Hall–Kier alpha value is -4.33. The molecule has 0 spiro atoms. The number of hydrogen-bond acceptors (Lipinski definition) is 5. The van der Waals surface area contributed by atoms with Gasteiger partial charge in [-0.25, -0.2) is 4.79 Å². The number of amides is 2. The maximum Gasteiger partial charge on any atom is 0.326 e. The lowest BCUT2D eigenvalue weighted by atomic mass is 10.0. The van der Waals surface area contributed by atoms with Crippen LogP contribution in [0.5, 0.6) is 11.5 Å². The second kappa shape index (κ2) is 11.4. The number of anilines is 1. The van der Waals surface area contributed by atoms with Gasteiger partial charge in [-0.05, 0) is 53.4 Å². The summed E-state index contributed by atoms with van der Waals surface area (Å²) in [6, 6.07) is 18.3. The van der Waals surface area contributed by atoms with E-state index in [1.54, 1.807) is 56.3 Å². The van der Waals surface area contributed by atoms with E-state index in [9.17, 15) is 19.5 Å². The maximum absolute atomic E-state index is 12.8. The lowest BCUT2D eigenvalue weighted by Gasteiger charge is -2.27. The van der Waals surface area contributed by atoms with Crippen molar-refractivity contribution in [3.05, 3.63) is 77.9 Å². The highest BCUT2D eigenvalue weighted by atomic mass is 16.5. The van der Waals surface area contributed by atoms with E-state index in [0.29, 0.717) is 28.3 Å². The molecule has 3 rings (SSSR count). The van der Waals surface area contributed by atoms with Gasteiger partial charge in [-0.3, -0.25) is 9.59 Å². The maximum atomic E-state index is 12.8. The summed E-state index contributed by atoms with van der Waals surface area (Å²) in [5.74, 6) is -0.866. The van der Waals surface area contributed by atoms with Crippen LogP contribution in [0, 0.1) is 5.92 Å². The average molecular weight is 491 g/mol. The van der Waals surface area contributed by atoms with Gasteiger partial charge in [0.05, 0.1) is 14.2 Å². The van der Waals surface area contributed by atoms with Gasteiger partial charge in [0.1, 0.15) is 17.5 Å². The van der Waals surface area contributed by atoms with Crippen LogP contribution >= 0.6 is 0 Å². The fourth-order valence-corrected chi connectivity index (χ4v) is 3.92. The van der Waals surface area contributed by atoms with Crippen molar-refractivity contribution in [2.24, 2.45) is 5.92 Å². The van der Waals surface area contributed by atoms with Crippen molar-refractivity contribution >= 4 is 23.5 Å². The van der Waals surface area contributed by atoms with Crippen LogP contribution in [0.4, 0.5) is 5.69 Å². The number of nitrogens with one attached hydrogen (secondary N) is 1. The highest BCUT2D eigenvalue weighted by Crippen LogP contribution is 2.25. The van der Waals surface area contributed by atoms with Gasteiger partial charge >= 0.3 is 5.97 Å². The van der Waals surface area contributed by atoms with Crippen LogP contribution in [0.25, 0.3) is 11.1 Å². The summed E-state index contributed by atoms with van der Waals surface area (Å²) in [6.07, 6.45) is 0. The molecule has 0 heterocycles. The van der Waals surface area contributed by atoms with Crippen molar-refractivity contribution in [3.63, 3.8) is 0 Å². The summed E-state index contributed by atoms with van der Waals surface area (Å²) < 4.78 is 10.4. The second-order valence-electron chi connectivity index (χ2n) is 8.65. The fourth-order valence-electron chi connectivity index (χ4n) is 3.92. The van der Waals surface area contributed by atoms with Gasteiger partial charge < -0.3 is 24.8 Å². The number of ether oxygens (including phenoxy) is 2. The van der Waals surface area contributed by atoms with Crippen LogP contribution < -0.4 is 14.8 Å². The number of hydrogen-bond donors (Lipinski definition) is 2. The van der Waals surface area contributed by atoms with Crippen LogP contribution in [0.1, 0.15) is 34.6 Å². The molecule has 2 N–H and O–H groups in total. The van der Waals surface area contributed by atoms with Gasteiger partial charge in [-0.15, -0.1) is 0 Å². The van der Waals surface area contributed by atoms with Crippen molar-refractivity contribution in [2.45, 2.75) is 19.9 Å². The zero-order chi connectivity index (χ0) is 26.4. The summed E-state index contributed by atoms with van der Waals surface area (Å²) in [6.45, 7) is 3.54. The molecule has 0 aromatic heterocycles. The summed E-state index contributed by atoms with van der Waals surface area (Å²) in [7, 11) is 4.55. The van der Waals surface area contributed by atoms with Gasteiger partial charge in [-0.1, -0.05) is 38.1 Å². The normalized spacial score (nSPS) is 11.5. The lowest BCUT2D eigenvalue weighted by Crippen LogP contribution is -2.45. The Balaban J connectivity index is 1.71. The van der Waals surface area contributed by atoms with E-state index in [4.69, 9.17) is 9.47 Å². The Bertz CT molecular complexity index is 1210. The highest BCUT2D eigenvalue weighted by Gasteiger charge is 2.30. The molecule has 3 aromatic carbocycles. The number of methoxy groups -OCH3 is 2. The van der Waals surface area contributed by atoms with Crippen LogP contribution in [0.3, 0.4) is 0 Å². The molecule has 36 heavy (non-hydrogen) atoms. The van der Waals surface area contributed by atoms with Crippen LogP contribution in [-0.4, -0.2) is 55.1 Å². The molecule has 0 fully saturated rings. The number of carbonyl (C=O) groups excluding carboxylic acids is 2. The Kier molecular flexibility index (Phi) is 8.32. The number of likely N-dealkylation sites (N-methyl/N-ethyl adjacent to an activating group) is 1. The first-order chi connectivity index (χ1) is 17.1. The molecule has 0 saturated heterocycles. The standard InChI is InChI=1S/C28H30N2O6/c1-17(2)25(28(33)34)30(3)27(32)20-8-6-18(7-9-20)19-10-12-22(13-11-19)29-26(31)21-14-23(35-4)16-24(15-21)36-5/h6-17,25H,1-5H3,(H,29,31)(H,33,34)/t25-/m0/s1. The third-order valence-electron chi connectivity index (χ3n) is 5.84. The van der Waals surface area contributed by atoms with Crippen molar-refractivity contribution in [3.8, 4) is 22.6 Å². The minimum atomic E-state index is -1.03. The fraction of sp³-hybridized carbons (Fsp3) is 0.250. The molecule has 2 amide bonds. The Morgan fingerprint density at radius 3 is 1.75 bits per heavy atom. The first-order valence-electron chi connectivity index (χ1n) is 11.4. The molecular formula is C28H30N2O6. The Morgan fingerprint density at radius 2 is 1.31 bits per heavy atom. The van der Waals surface area contributed by atoms with Crippen molar-refractivity contribution in [1.82, 2.24) is 4.90 Å². The average Bonchev–Trinajstić information content (AvgIpc) is 2.88. The number of carboxylic acid groups (broad SMARTS) is 1. The highest BCUT2D eigenvalue weighted by molar-refractivity contribution is 6.05. The van der Waals surface area contributed by atoms with Crippen molar-refractivity contribution in [1.29, 1.82) is 0 Å². The topological polar surface area (TPSA) is 105 Å². The Morgan fingerprint density at radius 1 is 0.806 bits per heavy atom. The molecule has 0 aliphatic carbocycles. The first kappa shape index (κ1) is 26.3. The number of benzene rings is 3. The monoisotopic (exact) mass is 490 g/mol. The van der Waals surface area contributed by atoms with E-state index >= 15 is 0 Å². The predicted octanol–water partition coefficient (Wildman–Crippen LogP) is 4.80. The molecular weight excluding hydrogens is 460 g/mol. The molecule has 0 radical (unpaired) electrons. The predicted molar refractivity (Wildman–Crippen MR) is 138 cm³/mol. The van der Waals surface area contributed by atoms with Gasteiger partial charge in [0.15, 0.2) is 0 Å². The molecule has 0 aliphatic rings. The summed E-state index contributed by atoms with van der Waals surface area (Å²) in [5.41, 5.74) is 3.21. The molecule has 188 valence electrons. The molecule has 0 saturated carbocycles. The molecule has 0 bridgehead atoms. The molecule has 8 heteroatoms. The van der Waals surface area contributed by atoms with E-state index in [2.05, 4.69) is 5.32 Å². The zero-order valence-corrected chi connectivity index (χ0v) is 20.9. The number of carbonyl (C=O) groups is 3. The second-order valence-corrected chi connectivity index (χ2v) is 8.65. The number of aliphatic carboxylic acids is 1.